The van der Waals surface area contributed by atoms with E-state index in [9.17, 15) is 19.5 Å². The summed E-state index contributed by atoms with van der Waals surface area (Å²) in [6, 6.07) is 19.2. The van der Waals surface area contributed by atoms with E-state index >= 15 is 0 Å². The Morgan fingerprint density at radius 1 is 0.973 bits per heavy atom. The highest BCUT2D eigenvalue weighted by molar-refractivity contribution is 6.07. The largest absolute Gasteiger partial charge is 0.493 e. The molecule has 1 atom stereocenters. The summed E-state index contributed by atoms with van der Waals surface area (Å²) in [6.45, 7) is 1.64. The molecule has 1 heterocycles. The highest BCUT2D eigenvalue weighted by Crippen LogP contribution is 2.31. The fraction of sp³-hybridized carbons (Fsp3) is 0.207. The molecule has 0 aliphatic carbocycles. The molecule has 0 saturated carbocycles. The number of aromatic nitrogens is 1. The number of amides is 1. The molecule has 4 aromatic rings. The number of benzene rings is 3. The lowest BCUT2D eigenvalue weighted by atomic mass is 9.92. The monoisotopic (exact) mass is 500 g/mol. The van der Waals surface area contributed by atoms with E-state index in [0.717, 1.165) is 11.1 Å². The predicted octanol–water partition coefficient (Wildman–Crippen LogP) is 4.45. The maximum Gasteiger partial charge on any atom is 0.261 e. The number of fused-ring (bicyclic) bond motifs is 1. The number of ketones is 1. The van der Waals surface area contributed by atoms with E-state index in [1.165, 1.54) is 20.3 Å². The van der Waals surface area contributed by atoms with Crippen LogP contribution >= 0.6 is 0 Å². The Kier molecular flexibility index (Phi) is 7.69. The number of aliphatic hydroxyl groups is 1. The normalized spacial score (nSPS) is 11.7. The molecule has 3 N–H and O–H groups in total. The van der Waals surface area contributed by atoms with Crippen molar-refractivity contribution in [2.24, 2.45) is 0 Å². The molecule has 3 aromatic carbocycles. The third kappa shape index (κ3) is 5.54. The molecule has 8 heteroatoms. The van der Waals surface area contributed by atoms with Gasteiger partial charge in [0.25, 0.3) is 11.5 Å². The van der Waals surface area contributed by atoms with Gasteiger partial charge in [0.2, 0.25) is 0 Å². The van der Waals surface area contributed by atoms with Crippen molar-refractivity contribution < 1.29 is 24.2 Å². The Hall–Kier alpha value is -4.43. The third-order valence-electron chi connectivity index (χ3n) is 6.32. The van der Waals surface area contributed by atoms with Gasteiger partial charge in [-0.25, -0.2) is 0 Å². The second-order valence-corrected chi connectivity index (χ2v) is 8.71. The van der Waals surface area contributed by atoms with Crippen LogP contribution in [-0.4, -0.2) is 42.6 Å². The van der Waals surface area contributed by atoms with Gasteiger partial charge in [0.05, 0.1) is 26.3 Å². The van der Waals surface area contributed by atoms with Gasteiger partial charge in [0, 0.05) is 35.0 Å². The van der Waals surface area contributed by atoms with Crippen LogP contribution in [0, 0.1) is 6.92 Å². The van der Waals surface area contributed by atoms with Crippen molar-refractivity contribution in [1.82, 2.24) is 4.98 Å². The zero-order valence-corrected chi connectivity index (χ0v) is 20.8. The van der Waals surface area contributed by atoms with E-state index in [0.29, 0.717) is 33.7 Å². The van der Waals surface area contributed by atoms with E-state index in [2.05, 4.69) is 10.3 Å². The molecule has 4 rings (SSSR count). The first-order chi connectivity index (χ1) is 17.8. The van der Waals surface area contributed by atoms with Crippen molar-refractivity contribution in [2.75, 3.05) is 26.1 Å². The number of hydrogen-bond acceptors (Lipinski definition) is 6. The highest BCUT2D eigenvalue weighted by Gasteiger charge is 2.19. The molecule has 1 amide bonds. The minimum Gasteiger partial charge on any atom is -0.493 e. The summed E-state index contributed by atoms with van der Waals surface area (Å²) < 4.78 is 10.6. The Labute approximate surface area is 213 Å². The Bertz CT molecular complexity index is 1510. The van der Waals surface area contributed by atoms with Crippen LogP contribution < -0.4 is 20.3 Å². The Morgan fingerprint density at radius 2 is 1.68 bits per heavy atom. The molecule has 190 valence electrons. The maximum absolute atomic E-state index is 13.1. The first kappa shape index (κ1) is 25.7. The van der Waals surface area contributed by atoms with Crippen LogP contribution in [-0.2, 0) is 0 Å². The zero-order valence-electron chi connectivity index (χ0n) is 20.8. The van der Waals surface area contributed by atoms with E-state index < -0.39 is 11.5 Å². The van der Waals surface area contributed by atoms with E-state index in [4.69, 9.17) is 9.47 Å². The summed E-state index contributed by atoms with van der Waals surface area (Å²) in [6.07, 6.45) is 0.118. The van der Waals surface area contributed by atoms with Crippen molar-refractivity contribution in [3.63, 3.8) is 0 Å². The van der Waals surface area contributed by atoms with Gasteiger partial charge in [-0.05, 0) is 36.2 Å². The lowest BCUT2D eigenvalue weighted by molar-refractivity contribution is 0.0958. The smallest absolute Gasteiger partial charge is 0.261 e. The van der Waals surface area contributed by atoms with Gasteiger partial charge in [-0.1, -0.05) is 42.5 Å². The van der Waals surface area contributed by atoms with Crippen LogP contribution in [0.2, 0.25) is 0 Å². The molecule has 0 radical (unpaired) electrons. The van der Waals surface area contributed by atoms with E-state index in [1.807, 2.05) is 30.3 Å². The van der Waals surface area contributed by atoms with Crippen LogP contribution in [0.25, 0.3) is 10.9 Å². The van der Waals surface area contributed by atoms with Gasteiger partial charge < -0.3 is 24.9 Å². The molecule has 0 unspecified atom stereocenters. The van der Waals surface area contributed by atoms with Crippen LogP contribution in [0.1, 0.15) is 44.2 Å². The number of carbonyl (C=O) groups excluding carboxylic acids is 2. The summed E-state index contributed by atoms with van der Waals surface area (Å²) in [5.74, 6) is -0.186. The number of rotatable bonds is 9. The lowest BCUT2D eigenvalue weighted by Crippen LogP contribution is -2.23. The van der Waals surface area contributed by atoms with Crippen molar-refractivity contribution in [2.45, 2.75) is 19.3 Å². The van der Waals surface area contributed by atoms with Gasteiger partial charge in [-0.15, -0.1) is 0 Å². The van der Waals surface area contributed by atoms with Crippen molar-refractivity contribution in [1.29, 1.82) is 0 Å². The number of carbonyl (C=O) groups is 2. The number of aryl methyl sites for hydroxylation is 1. The standard InChI is InChI=1S/C29H28N2O6/c1-17-9-10-19(25(33)13-21(16-32)18-7-5-4-6-8-18)12-23(17)30-28(34)22-11-20-14-26(36-2)27(37-3)15-24(20)31-29(22)35/h4-12,14-15,21,32H,13,16H2,1-3H3,(H,30,34)(H,31,35)/t21-/m1/s1. The second kappa shape index (κ2) is 11.1. The number of nitrogens with one attached hydrogen (secondary N) is 2. The molecule has 0 aliphatic heterocycles. The SMILES string of the molecule is COc1cc2cc(C(=O)Nc3cc(C(=O)C[C@H](CO)c4ccccc4)ccc3C)c(=O)[nH]c2cc1OC. The van der Waals surface area contributed by atoms with E-state index in [1.54, 1.807) is 37.3 Å². The molecule has 0 aliphatic rings. The summed E-state index contributed by atoms with van der Waals surface area (Å²) in [5, 5.41) is 13.2. The Balaban J connectivity index is 1.59. The number of methoxy groups -OCH3 is 2. The molecule has 0 spiro atoms. The summed E-state index contributed by atoms with van der Waals surface area (Å²) in [5.41, 5.74) is 2.29. The average Bonchev–Trinajstić information content (AvgIpc) is 2.91. The second-order valence-electron chi connectivity index (χ2n) is 8.71. The Morgan fingerprint density at radius 3 is 2.35 bits per heavy atom. The van der Waals surface area contributed by atoms with Gasteiger partial charge in [0.15, 0.2) is 17.3 Å². The first-order valence-corrected chi connectivity index (χ1v) is 11.7. The molecule has 37 heavy (non-hydrogen) atoms. The van der Waals surface area contributed by atoms with Gasteiger partial charge >= 0.3 is 0 Å². The van der Waals surface area contributed by atoms with Gasteiger partial charge in [0.1, 0.15) is 5.56 Å². The van der Waals surface area contributed by atoms with Crippen LogP contribution in [0.15, 0.2) is 71.5 Å². The van der Waals surface area contributed by atoms with Crippen LogP contribution in [0.3, 0.4) is 0 Å². The fourth-order valence-corrected chi connectivity index (χ4v) is 4.18. The van der Waals surface area contributed by atoms with Crippen molar-refractivity contribution >= 4 is 28.3 Å². The molecule has 1 aromatic heterocycles. The molecular weight excluding hydrogens is 472 g/mol. The fourth-order valence-electron chi connectivity index (χ4n) is 4.18. The van der Waals surface area contributed by atoms with Gasteiger partial charge in [-0.3, -0.25) is 14.4 Å². The van der Waals surface area contributed by atoms with Crippen LogP contribution in [0.4, 0.5) is 5.69 Å². The summed E-state index contributed by atoms with van der Waals surface area (Å²) in [4.78, 5) is 41.5. The number of anilines is 1. The zero-order chi connectivity index (χ0) is 26.5. The minimum atomic E-state index is -0.608. The number of aliphatic hydroxyl groups excluding tert-OH is 1. The number of ether oxygens (including phenoxy) is 2. The number of hydrogen-bond donors (Lipinski definition) is 3. The summed E-state index contributed by atoms with van der Waals surface area (Å²) >= 11 is 0. The lowest BCUT2D eigenvalue weighted by Gasteiger charge is -2.15. The number of aromatic amines is 1. The topological polar surface area (TPSA) is 118 Å². The summed E-state index contributed by atoms with van der Waals surface area (Å²) in [7, 11) is 3.00. The first-order valence-electron chi connectivity index (χ1n) is 11.7. The maximum atomic E-state index is 13.1. The quantitative estimate of drug-likeness (QED) is 0.292. The molecule has 0 bridgehead atoms. The average molecular weight is 501 g/mol. The van der Waals surface area contributed by atoms with Gasteiger partial charge in [-0.2, -0.15) is 0 Å². The van der Waals surface area contributed by atoms with Crippen molar-refractivity contribution in [3.8, 4) is 11.5 Å². The molecule has 0 fully saturated rings. The number of Topliss-reactive ketones (excluding diaryl/α,β-unsaturated/α-hetero) is 1. The van der Waals surface area contributed by atoms with E-state index in [-0.39, 0.29) is 30.3 Å². The van der Waals surface area contributed by atoms with Crippen LogP contribution in [0.5, 0.6) is 11.5 Å². The minimum absolute atomic E-state index is 0.0831. The molecule has 0 saturated heterocycles. The third-order valence-corrected chi connectivity index (χ3v) is 6.32. The molecular formula is C29H28N2O6. The predicted molar refractivity (Wildman–Crippen MR) is 142 cm³/mol. The number of H-pyrrole nitrogens is 1. The molecule has 8 nitrogen and oxygen atoms in total. The number of pyridine rings is 1. The van der Waals surface area contributed by atoms with Crippen molar-refractivity contribution in [3.05, 3.63) is 99.3 Å². The highest BCUT2D eigenvalue weighted by atomic mass is 16.5.